The number of carbonyl (C=O) groups excluding carboxylic acids is 2. The van der Waals surface area contributed by atoms with Crippen molar-refractivity contribution in [3.05, 3.63) is 80.5 Å². The highest BCUT2D eigenvalue weighted by Gasteiger charge is 2.24. The van der Waals surface area contributed by atoms with Crippen LogP contribution in [0.1, 0.15) is 73.6 Å². The number of Topliss-reactive ketones (excluding diaryl/α,β-unsaturated/α-hetero) is 2. The number of aromatic hydroxyl groups is 4. The van der Waals surface area contributed by atoms with Gasteiger partial charge in [0, 0.05) is 40.6 Å². The average molecular weight is 488 g/mol. The highest BCUT2D eigenvalue weighted by atomic mass is 16.3. The summed E-state index contributed by atoms with van der Waals surface area (Å²) in [4.78, 5) is 27.5. The molecule has 36 heavy (non-hydrogen) atoms. The maximum atomic E-state index is 12.1. The van der Waals surface area contributed by atoms with Gasteiger partial charge in [-0.05, 0) is 75.1 Å². The number of H-pyrrole nitrogens is 1. The Morgan fingerprint density at radius 3 is 1.69 bits per heavy atom. The van der Waals surface area contributed by atoms with Gasteiger partial charge in [0.1, 0.15) is 23.0 Å². The lowest BCUT2D eigenvalue weighted by Crippen LogP contribution is -2.03. The summed E-state index contributed by atoms with van der Waals surface area (Å²) >= 11 is 0. The first-order chi connectivity index (χ1) is 16.9. The lowest BCUT2D eigenvalue weighted by Gasteiger charge is -2.15. The zero-order chi connectivity index (χ0) is 26.5. The highest BCUT2D eigenvalue weighted by molar-refractivity contribution is 5.98. The van der Waals surface area contributed by atoms with E-state index in [0.717, 1.165) is 22.0 Å². The quantitative estimate of drug-likeness (QED) is 0.228. The molecule has 7 nitrogen and oxygen atoms in total. The number of aromatic amines is 1. The van der Waals surface area contributed by atoms with Crippen molar-refractivity contribution in [1.29, 1.82) is 0 Å². The SMILES string of the molecule is CC(=O)c1cc(C)c(O)c(Cc2[nH]c3cc(C)ccc3c2Cc2c(O)c(C)cc(C(C)=O)c2O)c1O. The second-order valence-electron chi connectivity index (χ2n) is 9.43. The predicted octanol–water partition coefficient (Wildman–Crippen LogP) is 5.50. The van der Waals surface area contributed by atoms with Gasteiger partial charge in [-0.3, -0.25) is 9.59 Å². The topological polar surface area (TPSA) is 131 Å². The first kappa shape index (κ1) is 24.9. The smallest absolute Gasteiger partial charge is 0.163 e. The number of fused-ring (bicyclic) bond motifs is 1. The molecule has 1 heterocycles. The van der Waals surface area contributed by atoms with E-state index in [-0.39, 0.29) is 69.7 Å². The Balaban J connectivity index is 1.95. The minimum atomic E-state index is -0.323. The zero-order valence-corrected chi connectivity index (χ0v) is 20.9. The van der Waals surface area contributed by atoms with Crippen LogP contribution in [0.2, 0.25) is 0 Å². The molecule has 0 saturated heterocycles. The van der Waals surface area contributed by atoms with Crippen molar-refractivity contribution in [2.75, 3.05) is 0 Å². The second kappa shape index (κ2) is 9.07. The Labute approximate surface area is 208 Å². The van der Waals surface area contributed by atoms with E-state index in [2.05, 4.69) is 4.98 Å². The van der Waals surface area contributed by atoms with Crippen LogP contribution in [0.15, 0.2) is 30.3 Å². The van der Waals surface area contributed by atoms with Crippen molar-refractivity contribution >= 4 is 22.5 Å². The maximum absolute atomic E-state index is 12.1. The van der Waals surface area contributed by atoms with Crippen LogP contribution in [0.5, 0.6) is 23.0 Å². The number of phenols is 4. The van der Waals surface area contributed by atoms with Gasteiger partial charge in [0.15, 0.2) is 11.6 Å². The molecule has 7 heteroatoms. The van der Waals surface area contributed by atoms with E-state index in [1.165, 1.54) is 26.0 Å². The third-order valence-electron chi connectivity index (χ3n) is 6.74. The van der Waals surface area contributed by atoms with Crippen molar-refractivity contribution < 1.29 is 30.0 Å². The fourth-order valence-corrected chi connectivity index (χ4v) is 4.74. The molecular formula is C29H29NO6. The van der Waals surface area contributed by atoms with Crippen LogP contribution < -0.4 is 0 Å². The predicted molar refractivity (Wildman–Crippen MR) is 138 cm³/mol. The lowest BCUT2D eigenvalue weighted by molar-refractivity contribution is 0.100. The van der Waals surface area contributed by atoms with Crippen molar-refractivity contribution in [3.63, 3.8) is 0 Å². The molecule has 0 atom stereocenters. The largest absolute Gasteiger partial charge is 0.507 e. The van der Waals surface area contributed by atoms with Crippen LogP contribution in [-0.2, 0) is 12.8 Å². The van der Waals surface area contributed by atoms with E-state index >= 15 is 0 Å². The Morgan fingerprint density at radius 1 is 0.694 bits per heavy atom. The molecule has 0 saturated carbocycles. The molecule has 3 aromatic carbocycles. The molecule has 0 fully saturated rings. The molecule has 0 radical (unpaired) electrons. The van der Waals surface area contributed by atoms with Gasteiger partial charge in [0.05, 0.1) is 11.1 Å². The summed E-state index contributed by atoms with van der Waals surface area (Å²) in [5.41, 5.74) is 4.75. The molecular weight excluding hydrogens is 458 g/mol. The van der Waals surface area contributed by atoms with Crippen LogP contribution >= 0.6 is 0 Å². The van der Waals surface area contributed by atoms with Gasteiger partial charge in [-0.2, -0.15) is 0 Å². The molecule has 0 spiro atoms. The first-order valence-corrected chi connectivity index (χ1v) is 11.6. The number of hydrogen-bond acceptors (Lipinski definition) is 6. The molecule has 0 aliphatic heterocycles. The molecule has 0 aliphatic carbocycles. The molecule has 0 amide bonds. The summed E-state index contributed by atoms with van der Waals surface area (Å²) < 4.78 is 0. The summed E-state index contributed by atoms with van der Waals surface area (Å²) in [6, 6.07) is 8.74. The normalized spacial score (nSPS) is 11.2. The number of ketones is 2. The van der Waals surface area contributed by atoms with E-state index in [0.29, 0.717) is 16.8 Å². The number of benzene rings is 3. The maximum Gasteiger partial charge on any atom is 0.163 e. The fraction of sp³-hybridized carbons (Fsp3) is 0.241. The van der Waals surface area contributed by atoms with E-state index in [1.807, 2.05) is 25.1 Å². The lowest BCUT2D eigenvalue weighted by atomic mass is 9.92. The minimum absolute atomic E-state index is 0.0651. The molecule has 0 aliphatic rings. The van der Waals surface area contributed by atoms with Gasteiger partial charge >= 0.3 is 0 Å². The van der Waals surface area contributed by atoms with Crippen LogP contribution in [0.3, 0.4) is 0 Å². The summed E-state index contributed by atoms with van der Waals surface area (Å²) in [7, 11) is 0. The third-order valence-corrected chi connectivity index (χ3v) is 6.74. The Bertz CT molecular complexity index is 1560. The summed E-state index contributed by atoms with van der Waals surface area (Å²) in [6.07, 6.45) is 0.153. The van der Waals surface area contributed by atoms with Crippen molar-refractivity contribution in [3.8, 4) is 23.0 Å². The van der Waals surface area contributed by atoms with Crippen LogP contribution in [0.4, 0.5) is 0 Å². The van der Waals surface area contributed by atoms with Crippen LogP contribution in [0.25, 0.3) is 10.9 Å². The van der Waals surface area contributed by atoms with Crippen molar-refractivity contribution in [1.82, 2.24) is 4.98 Å². The number of hydrogen-bond donors (Lipinski definition) is 5. The standard InChI is InChI=1S/C29H29NO6/c1-13-6-7-18-21(11-22-26(33)14(2)9-19(16(4)31)28(22)35)25(30-24(18)8-13)12-23-27(34)15(3)10-20(17(5)32)29(23)36/h6-10,30,33-36H,11-12H2,1-5H3. The molecule has 186 valence electrons. The summed E-state index contributed by atoms with van der Waals surface area (Å²) in [6.45, 7) is 7.98. The number of carbonyl (C=O) groups is 2. The molecule has 4 rings (SSSR count). The van der Waals surface area contributed by atoms with Gasteiger partial charge in [-0.25, -0.2) is 0 Å². The number of nitrogens with one attached hydrogen (secondary N) is 1. The van der Waals surface area contributed by atoms with E-state index in [9.17, 15) is 30.0 Å². The van der Waals surface area contributed by atoms with Gasteiger partial charge in [0.2, 0.25) is 0 Å². The van der Waals surface area contributed by atoms with Crippen LogP contribution in [-0.4, -0.2) is 37.0 Å². The van der Waals surface area contributed by atoms with Crippen LogP contribution in [0, 0.1) is 20.8 Å². The van der Waals surface area contributed by atoms with Crippen molar-refractivity contribution in [2.45, 2.75) is 47.5 Å². The third kappa shape index (κ3) is 4.17. The monoisotopic (exact) mass is 487 g/mol. The van der Waals surface area contributed by atoms with E-state index in [4.69, 9.17) is 0 Å². The number of phenolic OH excluding ortho intramolecular Hbond substituents is 4. The zero-order valence-electron chi connectivity index (χ0n) is 20.9. The Morgan fingerprint density at radius 2 is 1.19 bits per heavy atom. The van der Waals surface area contributed by atoms with Gasteiger partial charge in [0.25, 0.3) is 0 Å². The van der Waals surface area contributed by atoms with Crippen molar-refractivity contribution in [2.24, 2.45) is 0 Å². The molecule has 0 bridgehead atoms. The second-order valence-corrected chi connectivity index (χ2v) is 9.43. The molecule has 0 unspecified atom stereocenters. The van der Waals surface area contributed by atoms with Gasteiger partial charge in [-0.1, -0.05) is 12.1 Å². The van der Waals surface area contributed by atoms with E-state index in [1.54, 1.807) is 13.8 Å². The summed E-state index contributed by atoms with van der Waals surface area (Å²) in [5, 5.41) is 44.1. The first-order valence-electron chi connectivity index (χ1n) is 11.6. The number of rotatable bonds is 6. The fourth-order valence-electron chi connectivity index (χ4n) is 4.74. The van der Waals surface area contributed by atoms with Gasteiger partial charge < -0.3 is 25.4 Å². The number of aromatic nitrogens is 1. The minimum Gasteiger partial charge on any atom is -0.507 e. The molecule has 5 N–H and O–H groups in total. The average Bonchev–Trinajstić information content (AvgIpc) is 3.14. The molecule has 4 aromatic rings. The van der Waals surface area contributed by atoms with E-state index < -0.39 is 0 Å². The Hall–Kier alpha value is -4.26. The highest BCUT2D eigenvalue weighted by Crippen LogP contribution is 2.40. The van der Waals surface area contributed by atoms with Gasteiger partial charge in [-0.15, -0.1) is 0 Å². The Kier molecular flexibility index (Phi) is 6.26. The molecule has 1 aromatic heterocycles. The number of aryl methyl sites for hydroxylation is 3. The summed E-state index contributed by atoms with van der Waals surface area (Å²) in [5.74, 6) is -1.43.